The van der Waals surface area contributed by atoms with Gasteiger partial charge in [0.2, 0.25) is 0 Å². The molecule has 1 N–H and O–H groups in total. The van der Waals surface area contributed by atoms with Crippen molar-refractivity contribution in [2.24, 2.45) is 5.92 Å². The molecule has 0 atom stereocenters. The molecule has 6 heteroatoms. The Morgan fingerprint density at radius 1 is 1.45 bits per heavy atom. The van der Waals surface area contributed by atoms with E-state index in [2.05, 4.69) is 5.32 Å². The first-order valence-electron chi connectivity index (χ1n) is 3.06. The Morgan fingerprint density at radius 3 is 2.18 bits per heavy atom. The molecule has 0 aromatic rings. The van der Waals surface area contributed by atoms with E-state index in [1.165, 1.54) is 0 Å². The fourth-order valence-corrected chi connectivity index (χ4v) is 0.840. The van der Waals surface area contributed by atoms with Crippen molar-refractivity contribution in [3.63, 3.8) is 0 Å². The number of nitrogens with one attached hydrogen (secondary N) is 1. The molecule has 0 amide bonds. The van der Waals surface area contributed by atoms with Crippen molar-refractivity contribution in [2.45, 2.75) is 13.8 Å². The summed E-state index contributed by atoms with van der Waals surface area (Å²) in [6.45, 7) is 4.43. The van der Waals surface area contributed by atoms with Crippen molar-refractivity contribution < 1.29 is 42.5 Å². The van der Waals surface area contributed by atoms with E-state index >= 15 is 0 Å². The average Bonchev–Trinajstić information content (AvgIpc) is 1.59. The standard InChI is InChI=1S/C5H13NO3S.Na/c1-5(2)3-6-4-10(7,8)9;/h5-6H,3-4H2,1-2H3,(H,7,8,9);/q;+1/p-1. The van der Waals surface area contributed by atoms with Crippen molar-refractivity contribution in [3.05, 3.63) is 0 Å². The van der Waals surface area contributed by atoms with Gasteiger partial charge in [-0.05, 0) is 12.5 Å². The molecular formula is C5H12NNaO3S. The van der Waals surface area contributed by atoms with Gasteiger partial charge in [0.25, 0.3) is 0 Å². The molecule has 0 heterocycles. The summed E-state index contributed by atoms with van der Waals surface area (Å²) in [5, 5.41) is 2.52. The molecule has 0 aliphatic heterocycles. The van der Waals surface area contributed by atoms with Crippen LogP contribution in [-0.4, -0.2) is 25.4 Å². The smallest absolute Gasteiger partial charge is 0.747 e. The van der Waals surface area contributed by atoms with Gasteiger partial charge in [-0.1, -0.05) is 13.8 Å². The molecule has 0 rings (SSSR count). The molecule has 0 aliphatic rings. The first-order valence-corrected chi connectivity index (χ1v) is 4.64. The first kappa shape index (κ1) is 14.4. The maximum Gasteiger partial charge on any atom is 1.00 e. The summed E-state index contributed by atoms with van der Waals surface area (Å²) in [5.41, 5.74) is 0. The third-order valence-electron chi connectivity index (χ3n) is 0.831. The summed E-state index contributed by atoms with van der Waals surface area (Å²) in [5.74, 6) is -0.104. The number of rotatable bonds is 4. The summed E-state index contributed by atoms with van der Waals surface area (Å²) in [6, 6.07) is 0. The van der Waals surface area contributed by atoms with Crippen LogP contribution in [0, 0.1) is 5.92 Å². The summed E-state index contributed by atoms with van der Waals surface area (Å²) in [7, 11) is -4.08. The second-order valence-corrected chi connectivity index (χ2v) is 3.95. The van der Waals surface area contributed by atoms with Gasteiger partial charge in [0.05, 0.1) is 5.88 Å². The predicted octanol–water partition coefficient (Wildman–Crippen LogP) is -3.26. The van der Waals surface area contributed by atoms with Gasteiger partial charge < -0.3 is 9.87 Å². The third-order valence-corrected chi connectivity index (χ3v) is 1.39. The maximum absolute atomic E-state index is 9.99. The second kappa shape index (κ2) is 6.39. The van der Waals surface area contributed by atoms with Gasteiger partial charge >= 0.3 is 29.6 Å². The Balaban J connectivity index is 0. The SMILES string of the molecule is CC(C)CNCS(=O)(=O)[O-].[Na+]. The van der Waals surface area contributed by atoms with E-state index in [9.17, 15) is 13.0 Å². The van der Waals surface area contributed by atoms with Crippen LogP contribution in [0.1, 0.15) is 13.8 Å². The second-order valence-electron chi connectivity index (χ2n) is 2.55. The zero-order valence-electron chi connectivity index (χ0n) is 7.12. The molecule has 0 bridgehead atoms. The zero-order valence-corrected chi connectivity index (χ0v) is 9.94. The minimum Gasteiger partial charge on any atom is -0.747 e. The molecule has 0 aromatic carbocycles. The molecule has 11 heavy (non-hydrogen) atoms. The van der Waals surface area contributed by atoms with Crippen LogP contribution >= 0.6 is 0 Å². The van der Waals surface area contributed by atoms with Crippen molar-refractivity contribution in [1.82, 2.24) is 5.32 Å². The summed E-state index contributed by atoms with van der Waals surface area (Å²) >= 11 is 0. The van der Waals surface area contributed by atoms with E-state index in [0.29, 0.717) is 12.5 Å². The molecule has 0 aromatic heterocycles. The van der Waals surface area contributed by atoms with Gasteiger partial charge in [0, 0.05) is 0 Å². The van der Waals surface area contributed by atoms with E-state index in [1.54, 1.807) is 0 Å². The topological polar surface area (TPSA) is 69.2 Å². The Hall–Kier alpha value is 0.870. The van der Waals surface area contributed by atoms with Gasteiger partial charge in [-0.25, -0.2) is 8.42 Å². The fraction of sp³-hybridized carbons (Fsp3) is 1.00. The van der Waals surface area contributed by atoms with E-state index < -0.39 is 16.0 Å². The van der Waals surface area contributed by atoms with Crippen molar-refractivity contribution >= 4 is 10.1 Å². The monoisotopic (exact) mass is 189 g/mol. The molecule has 4 nitrogen and oxygen atoms in total. The molecule has 62 valence electrons. The van der Waals surface area contributed by atoms with Gasteiger partial charge in [-0.2, -0.15) is 0 Å². The Morgan fingerprint density at radius 2 is 1.91 bits per heavy atom. The molecule has 0 spiro atoms. The van der Waals surface area contributed by atoms with Gasteiger partial charge in [-0.3, -0.25) is 0 Å². The van der Waals surface area contributed by atoms with Crippen LogP contribution in [0.4, 0.5) is 0 Å². The van der Waals surface area contributed by atoms with E-state index in [1.807, 2.05) is 13.8 Å². The van der Waals surface area contributed by atoms with Gasteiger partial charge in [0.15, 0.2) is 0 Å². The number of hydrogen-bond donors (Lipinski definition) is 1. The average molecular weight is 189 g/mol. The normalized spacial score (nSPS) is 11.3. The van der Waals surface area contributed by atoms with Crippen LogP contribution in [0.3, 0.4) is 0 Å². The fourth-order valence-electron chi connectivity index (χ4n) is 0.473. The summed E-state index contributed by atoms with van der Waals surface area (Å²) in [4.78, 5) is 0. The van der Waals surface area contributed by atoms with Crippen LogP contribution < -0.4 is 34.9 Å². The molecular weight excluding hydrogens is 177 g/mol. The first-order chi connectivity index (χ1) is 4.42. The van der Waals surface area contributed by atoms with Gasteiger partial charge in [-0.15, -0.1) is 0 Å². The van der Waals surface area contributed by atoms with E-state index in [0.717, 1.165) is 0 Å². The predicted molar refractivity (Wildman–Crippen MR) is 37.4 cm³/mol. The third kappa shape index (κ3) is 13.8. The largest absolute Gasteiger partial charge is 1.00 e. The summed E-state index contributed by atoms with van der Waals surface area (Å²) < 4.78 is 30.0. The molecule has 0 radical (unpaired) electrons. The van der Waals surface area contributed by atoms with Crippen LogP contribution in [0.5, 0.6) is 0 Å². The molecule has 0 saturated heterocycles. The van der Waals surface area contributed by atoms with Gasteiger partial charge in [0.1, 0.15) is 10.1 Å². The number of hydrogen-bond acceptors (Lipinski definition) is 4. The quantitative estimate of drug-likeness (QED) is 0.372. The Labute approximate surface area is 89.8 Å². The minimum absolute atomic E-state index is 0. The molecule has 0 unspecified atom stereocenters. The van der Waals surface area contributed by atoms with E-state index in [4.69, 9.17) is 0 Å². The van der Waals surface area contributed by atoms with E-state index in [-0.39, 0.29) is 29.6 Å². The van der Waals surface area contributed by atoms with Crippen LogP contribution in [-0.2, 0) is 10.1 Å². The minimum atomic E-state index is -4.08. The zero-order chi connectivity index (χ0) is 8.20. The van der Waals surface area contributed by atoms with Crippen molar-refractivity contribution in [3.8, 4) is 0 Å². The van der Waals surface area contributed by atoms with Crippen LogP contribution in [0.15, 0.2) is 0 Å². The van der Waals surface area contributed by atoms with Crippen molar-refractivity contribution in [2.75, 3.05) is 12.4 Å². The maximum atomic E-state index is 9.99. The molecule has 0 aliphatic carbocycles. The Bertz CT molecular complexity index is 178. The van der Waals surface area contributed by atoms with Crippen LogP contribution in [0.2, 0.25) is 0 Å². The molecule has 0 fully saturated rings. The van der Waals surface area contributed by atoms with Crippen LogP contribution in [0.25, 0.3) is 0 Å². The van der Waals surface area contributed by atoms with Crippen molar-refractivity contribution in [1.29, 1.82) is 0 Å². The summed E-state index contributed by atoms with van der Waals surface area (Å²) in [6.07, 6.45) is 0. The Kier molecular flexibility index (Phi) is 8.37. The molecule has 0 saturated carbocycles.